The molecule has 0 aliphatic carbocycles. The minimum absolute atomic E-state index is 0.227. The molecule has 0 spiro atoms. The van der Waals surface area contributed by atoms with E-state index in [-0.39, 0.29) is 30.6 Å². The van der Waals surface area contributed by atoms with Gasteiger partial charge in [0.05, 0.1) is 0 Å². The Bertz CT molecular complexity index is 1270. The number of hydrogen-bond acceptors (Lipinski definition) is 10. The minimum atomic E-state index is -0.539. The van der Waals surface area contributed by atoms with Crippen LogP contribution in [-0.4, -0.2) is 74.9 Å². The van der Waals surface area contributed by atoms with Gasteiger partial charge in [0.1, 0.15) is 35.8 Å². The predicted molar refractivity (Wildman–Crippen MR) is 127 cm³/mol. The number of hydrogen-bond donors (Lipinski definition) is 0. The summed E-state index contributed by atoms with van der Waals surface area (Å²) in [6, 6.07) is 6.12. The molecule has 1 atom stereocenters. The molecule has 36 heavy (non-hydrogen) atoms. The molecule has 13 heteroatoms. The van der Waals surface area contributed by atoms with Crippen molar-refractivity contribution in [3.05, 3.63) is 34.5 Å². The molecule has 1 fully saturated rings. The van der Waals surface area contributed by atoms with Gasteiger partial charge in [0.25, 0.3) is 6.01 Å². The van der Waals surface area contributed by atoms with E-state index < -0.39 is 10.5 Å². The fraction of sp³-hybridized carbons (Fsp3) is 0.522. The number of carbonyl (C=O) groups is 1. The van der Waals surface area contributed by atoms with Crippen LogP contribution in [0.2, 0.25) is 0 Å². The lowest BCUT2D eigenvalue weighted by atomic mass is 10.2. The standard InChI is InChI=1S/C23H28N6O7/c1-23(2,3)36-22(30)27-10-8-26(9-11-27)20-24-17-12-15(4-5-18(17)35-20)33-14-16-6-7-28-13-19(29(31)32)25-21(28)34-16/h4-5,12-13,16H,6-11,14H2,1-3H3/t16-/m1/s1. The summed E-state index contributed by atoms with van der Waals surface area (Å²) in [7, 11) is 0. The first-order chi connectivity index (χ1) is 17.1. The Kier molecular flexibility index (Phi) is 6.06. The first-order valence-electron chi connectivity index (χ1n) is 11.8. The maximum atomic E-state index is 12.3. The second-order valence-corrected chi connectivity index (χ2v) is 9.75. The Balaban J connectivity index is 1.17. The Hall–Kier alpha value is -4.03. The smallest absolute Gasteiger partial charge is 0.414 e. The van der Waals surface area contributed by atoms with Crippen molar-refractivity contribution in [2.45, 2.75) is 45.4 Å². The molecule has 2 aromatic heterocycles. The number of oxazole rings is 1. The zero-order valence-electron chi connectivity index (χ0n) is 20.4. The van der Waals surface area contributed by atoms with Gasteiger partial charge < -0.3 is 38.5 Å². The van der Waals surface area contributed by atoms with Crippen LogP contribution < -0.4 is 14.4 Å². The average molecular weight is 501 g/mol. The molecule has 0 unspecified atom stereocenters. The number of aryl methyl sites for hydroxylation is 1. The number of rotatable bonds is 5. The zero-order valence-corrected chi connectivity index (χ0v) is 20.4. The van der Waals surface area contributed by atoms with Crippen molar-refractivity contribution in [3.8, 4) is 11.8 Å². The van der Waals surface area contributed by atoms with Crippen LogP contribution in [0.25, 0.3) is 11.1 Å². The second-order valence-electron chi connectivity index (χ2n) is 9.75. The molecule has 0 bridgehead atoms. The predicted octanol–water partition coefficient (Wildman–Crippen LogP) is 3.22. The van der Waals surface area contributed by atoms with Crippen molar-refractivity contribution in [1.82, 2.24) is 19.4 Å². The van der Waals surface area contributed by atoms with Gasteiger partial charge in [-0.1, -0.05) is 0 Å². The van der Waals surface area contributed by atoms with Gasteiger partial charge in [-0.3, -0.25) is 4.57 Å². The largest absolute Gasteiger partial charge is 0.490 e. The third kappa shape index (κ3) is 5.14. The highest BCUT2D eigenvalue weighted by Gasteiger charge is 2.29. The van der Waals surface area contributed by atoms with Crippen LogP contribution in [-0.2, 0) is 11.3 Å². The number of nitro groups is 1. The number of nitrogens with zero attached hydrogens (tertiary/aromatic N) is 6. The third-order valence-corrected chi connectivity index (χ3v) is 5.86. The number of ether oxygens (including phenoxy) is 3. The summed E-state index contributed by atoms with van der Waals surface area (Å²) in [6.07, 6.45) is 1.43. The van der Waals surface area contributed by atoms with Gasteiger partial charge >= 0.3 is 17.9 Å². The van der Waals surface area contributed by atoms with E-state index in [1.165, 1.54) is 6.20 Å². The maximum Gasteiger partial charge on any atom is 0.414 e. The molecule has 5 rings (SSSR count). The van der Waals surface area contributed by atoms with Gasteiger partial charge in [-0.2, -0.15) is 4.98 Å². The van der Waals surface area contributed by atoms with Gasteiger partial charge in [0.2, 0.25) is 0 Å². The molecule has 0 radical (unpaired) electrons. The van der Waals surface area contributed by atoms with Crippen LogP contribution in [0.1, 0.15) is 27.2 Å². The summed E-state index contributed by atoms with van der Waals surface area (Å²) in [4.78, 5) is 34.9. The maximum absolute atomic E-state index is 12.3. The van der Waals surface area contributed by atoms with E-state index in [0.29, 0.717) is 62.0 Å². The highest BCUT2D eigenvalue weighted by atomic mass is 16.6. The highest BCUT2D eigenvalue weighted by molar-refractivity contribution is 5.76. The minimum Gasteiger partial charge on any atom is -0.490 e. The summed E-state index contributed by atoms with van der Waals surface area (Å²) < 4.78 is 24.7. The highest BCUT2D eigenvalue weighted by Crippen LogP contribution is 2.28. The SMILES string of the molecule is CC(C)(C)OC(=O)N1CCN(c2nc3cc(OC[C@H]4CCn5cc([N+](=O)[O-])nc5O4)ccc3o2)CC1. The van der Waals surface area contributed by atoms with Crippen LogP contribution in [0.5, 0.6) is 11.8 Å². The lowest BCUT2D eigenvalue weighted by Gasteiger charge is -2.34. The van der Waals surface area contributed by atoms with E-state index in [9.17, 15) is 14.9 Å². The monoisotopic (exact) mass is 500 g/mol. The van der Waals surface area contributed by atoms with Crippen molar-refractivity contribution < 1.29 is 28.3 Å². The van der Waals surface area contributed by atoms with E-state index in [2.05, 4.69) is 9.97 Å². The van der Waals surface area contributed by atoms with Crippen LogP contribution in [0, 0.1) is 10.1 Å². The van der Waals surface area contributed by atoms with E-state index in [1.807, 2.05) is 25.7 Å². The Labute approximate surface area is 206 Å². The first kappa shape index (κ1) is 23.7. The lowest BCUT2D eigenvalue weighted by Crippen LogP contribution is -2.50. The normalized spacial score (nSPS) is 18.0. The summed E-state index contributed by atoms with van der Waals surface area (Å²) in [6.45, 7) is 8.59. The number of imidazole rings is 1. The Morgan fingerprint density at radius 1 is 1.19 bits per heavy atom. The van der Waals surface area contributed by atoms with E-state index >= 15 is 0 Å². The van der Waals surface area contributed by atoms with Gasteiger partial charge in [0.15, 0.2) is 5.58 Å². The molecule has 1 saturated heterocycles. The van der Waals surface area contributed by atoms with E-state index in [1.54, 1.807) is 27.7 Å². The van der Waals surface area contributed by atoms with Crippen LogP contribution in [0.3, 0.4) is 0 Å². The number of piperazine rings is 1. The summed E-state index contributed by atoms with van der Waals surface area (Å²) in [5, 5.41) is 10.9. The molecule has 4 heterocycles. The zero-order chi connectivity index (χ0) is 25.4. The average Bonchev–Trinajstić information content (AvgIpc) is 3.45. The number of aromatic nitrogens is 3. The third-order valence-electron chi connectivity index (χ3n) is 5.86. The molecule has 1 amide bonds. The molecule has 0 saturated carbocycles. The Morgan fingerprint density at radius 2 is 1.97 bits per heavy atom. The molecule has 192 valence electrons. The van der Waals surface area contributed by atoms with E-state index in [4.69, 9.17) is 18.6 Å². The summed E-state index contributed by atoms with van der Waals surface area (Å²) in [5.74, 6) is 0.380. The molecular weight excluding hydrogens is 472 g/mol. The first-order valence-corrected chi connectivity index (χ1v) is 11.8. The number of benzene rings is 1. The molecule has 0 N–H and O–H groups in total. The van der Waals surface area contributed by atoms with Crippen LogP contribution >= 0.6 is 0 Å². The molecule has 13 nitrogen and oxygen atoms in total. The fourth-order valence-electron chi connectivity index (χ4n) is 4.05. The van der Waals surface area contributed by atoms with Crippen LogP contribution in [0.15, 0.2) is 28.8 Å². The topological polar surface area (TPSA) is 138 Å². The van der Waals surface area contributed by atoms with Crippen molar-refractivity contribution >= 4 is 29.0 Å². The quantitative estimate of drug-likeness (QED) is 0.379. The number of fused-ring (bicyclic) bond motifs is 2. The molecule has 1 aromatic carbocycles. The van der Waals surface area contributed by atoms with Crippen molar-refractivity contribution in [2.24, 2.45) is 0 Å². The lowest BCUT2D eigenvalue weighted by molar-refractivity contribution is -0.389. The van der Waals surface area contributed by atoms with Gasteiger partial charge in [-0.15, -0.1) is 0 Å². The van der Waals surface area contributed by atoms with Crippen molar-refractivity contribution in [1.29, 1.82) is 0 Å². The second kappa shape index (κ2) is 9.21. The van der Waals surface area contributed by atoms with Crippen LogP contribution in [0.4, 0.5) is 16.6 Å². The molecule has 3 aromatic rings. The molecular formula is C23H28N6O7. The number of anilines is 1. The molecule has 2 aliphatic heterocycles. The van der Waals surface area contributed by atoms with Gasteiger partial charge in [0, 0.05) is 50.2 Å². The van der Waals surface area contributed by atoms with Gasteiger partial charge in [-0.05, 0) is 37.8 Å². The van der Waals surface area contributed by atoms with Crippen molar-refractivity contribution in [2.75, 3.05) is 37.7 Å². The fourth-order valence-corrected chi connectivity index (χ4v) is 4.05. The van der Waals surface area contributed by atoms with E-state index in [0.717, 1.165) is 0 Å². The van der Waals surface area contributed by atoms with Gasteiger partial charge in [-0.25, -0.2) is 4.79 Å². The Morgan fingerprint density at radius 3 is 2.69 bits per heavy atom. The summed E-state index contributed by atoms with van der Waals surface area (Å²) in [5.41, 5.74) is 0.767. The molecule has 2 aliphatic rings. The number of carbonyl (C=O) groups excluding carboxylic acids is 1. The number of amides is 1. The summed E-state index contributed by atoms with van der Waals surface area (Å²) >= 11 is 0. The van der Waals surface area contributed by atoms with Crippen molar-refractivity contribution in [3.63, 3.8) is 0 Å².